The molecule has 68 heavy (non-hydrogen) atoms. The van der Waals surface area contributed by atoms with Gasteiger partial charge in [-0.1, -0.05) is 19.9 Å². The summed E-state index contributed by atoms with van der Waals surface area (Å²) in [5.74, 6) is -1.90. The number of aliphatic hydroxyl groups excluding tert-OH is 2. The number of ether oxygens (including phenoxy) is 1. The Kier molecular flexibility index (Phi) is 18.1. The van der Waals surface area contributed by atoms with Gasteiger partial charge in [0.25, 0.3) is 0 Å². The second kappa shape index (κ2) is 22.6. The molecule has 3 unspecified atom stereocenters. The number of rotatable bonds is 25. The molecule has 0 aliphatic carbocycles. The molecule has 1 fully saturated rings. The van der Waals surface area contributed by atoms with E-state index >= 15 is 0 Å². The van der Waals surface area contributed by atoms with Crippen LogP contribution in [0.15, 0.2) is 35.9 Å². The largest absolute Gasteiger partial charge is 0.677 e. The van der Waals surface area contributed by atoms with Crippen molar-refractivity contribution in [3.8, 4) is 0 Å². The number of aliphatic imine (C=N–C) groups is 1. The van der Waals surface area contributed by atoms with Crippen molar-refractivity contribution in [2.24, 2.45) is 10.4 Å². The van der Waals surface area contributed by atoms with Crippen LogP contribution in [0.3, 0.4) is 0 Å². The average Bonchev–Trinajstić information content (AvgIpc) is 4.01. The summed E-state index contributed by atoms with van der Waals surface area (Å²) in [6.07, 6.45) is -2.87. The zero-order chi connectivity index (χ0) is 50.4. The summed E-state index contributed by atoms with van der Waals surface area (Å²) in [4.78, 5) is 93.0. The first-order valence-electron chi connectivity index (χ1n) is 20.5. The molecule has 3 aromatic heterocycles. The van der Waals surface area contributed by atoms with Gasteiger partial charge in [0.15, 0.2) is 17.7 Å². The van der Waals surface area contributed by atoms with Crippen LogP contribution in [0, 0.1) is 19.3 Å². The molecular weight excluding hydrogens is 974 g/mol. The smallest absolute Gasteiger partial charge is 0.386 e. The molecule has 0 spiro atoms. The summed E-state index contributed by atoms with van der Waals surface area (Å²) in [7, 11) is -19.2. The Morgan fingerprint density at radius 3 is 2.31 bits per heavy atom. The highest BCUT2D eigenvalue weighted by Crippen LogP contribution is 2.61. The third-order valence-corrected chi connectivity index (χ3v) is 13.5. The molecule has 0 aromatic carbocycles. The minimum Gasteiger partial charge on any atom is -0.386 e. The summed E-state index contributed by atoms with van der Waals surface area (Å²) >= 11 is 0. The zero-order valence-corrected chi connectivity index (χ0v) is 39.5. The van der Waals surface area contributed by atoms with Crippen molar-refractivity contribution in [2.45, 2.75) is 90.1 Å². The fourth-order valence-electron chi connectivity index (χ4n) is 7.05. The monoisotopic (exact) mass is 1030 g/mol. The molecule has 2 aliphatic heterocycles. The molecule has 5 rings (SSSR count). The number of carbonyl (C=O) groups is 3. The highest BCUT2D eigenvalue weighted by atomic mass is 31.3. The molecule has 11 N–H and O–H groups in total. The van der Waals surface area contributed by atoms with E-state index in [1.54, 1.807) is 32.1 Å². The van der Waals surface area contributed by atoms with E-state index in [-0.39, 0.29) is 61.4 Å². The number of fused-ring (bicyclic) bond motifs is 1. The van der Waals surface area contributed by atoms with Gasteiger partial charge in [-0.05, 0) is 38.0 Å². The molecule has 27 nitrogen and oxygen atoms in total. The van der Waals surface area contributed by atoms with Crippen LogP contribution in [0.4, 0.5) is 14.4 Å². The Bertz CT molecular complexity index is 2530. The standard InChI is InChI=1S/C35H52BF2N10O17P3/c1-19-13-20(2)48(36(37)38)23(19)14-22-6-5-21(46-22)7-8-25(49)40-11-12-41-26(50)9-10-42-33(53)30(52)35(3,4)16-62-68(59,60)65-67(57,58)61-15-24-29(64-66(54,55)56)28(51)34(63-24)47-18-45-27-31(39)43-17-44-32(27)47/h5-6,13,17-18,22,24,28-30,34,51-52H,7-12,14-16H2,1-4H3,(H,40,49)(H,41,50)(H,42,53)(H,57,58)(H,59,60)(H2,39,43,44)(H2,54,55,56)/t22?,24-,28-,29-,30+,34-/m1/s1. The number of nitrogens with one attached hydrogen (secondary N) is 3. The van der Waals surface area contributed by atoms with Crippen LogP contribution in [0.2, 0.25) is 0 Å². The Hall–Kier alpha value is -4.38. The Balaban J connectivity index is 0.986. The summed E-state index contributed by atoms with van der Waals surface area (Å²) in [5.41, 5.74) is 6.56. The number of halogens is 2. The van der Waals surface area contributed by atoms with Crippen molar-refractivity contribution < 1.29 is 89.1 Å². The summed E-state index contributed by atoms with van der Waals surface area (Å²) < 4.78 is 90.4. The van der Waals surface area contributed by atoms with Crippen LogP contribution in [0.1, 0.15) is 56.3 Å². The summed E-state index contributed by atoms with van der Waals surface area (Å²) in [5, 5.41) is 29.1. The number of nitrogen functional groups attached to an aromatic ring is 1. The van der Waals surface area contributed by atoms with Gasteiger partial charge in [0.05, 0.1) is 25.6 Å². The van der Waals surface area contributed by atoms with E-state index in [4.69, 9.17) is 19.5 Å². The first-order chi connectivity index (χ1) is 31.7. The number of allylic oxidation sites excluding steroid dienone is 1. The fourth-order valence-corrected chi connectivity index (χ4v) is 9.88. The molecular formula is C35H52BF2N10O17P3. The van der Waals surface area contributed by atoms with Gasteiger partial charge in [0.2, 0.25) is 17.7 Å². The first-order valence-corrected chi connectivity index (χ1v) is 25.0. The lowest BCUT2D eigenvalue weighted by Crippen LogP contribution is -2.46. The predicted octanol–water partition coefficient (Wildman–Crippen LogP) is 0.114. The van der Waals surface area contributed by atoms with Crippen molar-refractivity contribution in [1.82, 2.24) is 39.9 Å². The van der Waals surface area contributed by atoms with Crippen molar-refractivity contribution in [2.75, 3.05) is 38.6 Å². The SMILES string of the molecule is Cc1cc(C)n(B(F)F)c1CC1C=CC(CCC(=O)NCCNC(=O)CCNC(=O)[C@H](O)C(C)(C)COP(=O)(O)OP(=O)(O)OC[C@H]2O[C@@H](n3cnc4c(N)ncnc43)[C@H](O)[C@@H]2OP(=O)(O)O)=N1. The minimum absolute atomic E-state index is 0.0170. The molecule has 0 bridgehead atoms. The van der Waals surface area contributed by atoms with Crippen LogP contribution < -0.4 is 21.7 Å². The predicted molar refractivity (Wildman–Crippen MR) is 233 cm³/mol. The first kappa shape index (κ1) is 54.6. The number of amides is 3. The number of phosphoric ester groups is 3. The van der Waals surface area contributed by atoms with E-state index in [0.717, 1.165) is 27.3 Å². The Labute approximate surface area is 386 Å². The van der Waals surface area contributed by atoms with Crippen LogP contribution in [0.25, 0.3) is 11.2 Å². The third kappa shape index (κ3) is 14.8. The van der Waals surface area contributed by atoms with E-state index in [1.807, 2.05) is 0 Å². The highest BCUT2D eigenvalue weighted by Gasteiger charge is 2.50. The zero-order valence-electron chi connectivity index (χ0n) is 36.8. The number of aromatic nitrogens is 5. The molecule has 376 valence electrons. The number of phosphoric acid groups is 3. The van der Waals surface area contributed by atoms with Gasteiger partial charge in [0, 0.05) is 61.4 Å². The van der Waals surface area contributed by atoms with E-state index < -0.39 is 92.0 Å². The molecule has 33 heteroatoms. The normalized spacial score (nSPS) is 21.8. The lowest BCUT2D eigenvalue weighted by Gasteiger charge is -2.30. The number of hydrogen-bond donors (Lipinski definition) is 10. The number of hydrogen-bond acceptors (Lipinski definition) is 18. The van der Waals surface area contributed by atoms with Crippen molar-refractivity contribution >= 4 is 71.3 Å². The van der Waals surface area contributed by atoms with E-state index in [9.17, 15) is 66.5 Å². The third-order valence-electron chi connectivity index (χ3n) is 10.4. The number of aliphatic hydroxyl groups is 2. The second-order valence-corrected chi connectivity index (χ2v) is 20.5. The number of aryl methyl sites for hydroxylation is 2. The summed E-state index contributed by atoms with van der Waals surface area (Å²) in [6, 6.07) is 1.37. The molecule has 1 saturated heterocycles. The van der Waals surface area contributed by atoms with Crippen LogP contribution in [0.5, 0.6) is 0 Å². The van der Waals surface area contributed by atoms with Crippen LogP contribution in [-0.2, 0) is 57.1 Å². The number of anilines is 1. The summed E-state index contributed by atoms with van der Waals surface area (Å²) in [6.45, 7) is 3.64. The highest BCUT2D eigenvalue weighted by molar-refractivity contribution is 7.61. The van der Waals surface area contributed by atoms with Gasteiger partial charge in [-0.3, -0.25) is 46.1 Å². The van der Waals surface area contributed by atoms with Gasteiger partial charge in [-0.15, -0.1) is 0 Å². The second-order valence-electron chi connectivity index (χ2n) is 16.2. The van der Waals surface area contributed by atoms with E-state index in [0.29, 0.717) is 29.9 Å². The quantitative estimate of drug-likeness (QED) is 0.0306. The lowest BCUT2D eigenvalue weighted by molar-refractivity contribution is -0.137. The van der Waals surface area contributed by atoms with Gasteiger partial charge in [0.1, 0.15) is 36.3 Å². The molecule has 0 saturated carbocycles. The number of nitrogens with two attached hydrogens (primary N) is 1. The molecule has 3 aromatic rings. The number of carbonyl (C=O) groups excluding carboxylic acids is 3. The Morgan fingerprint density at radius 2 is 1.65 bits per heavy atom. The molecule has 0 radical (unpaired) electrons. The lowest BCUT2D eigenvalue weighted by atomic mass is 9.87. The molecule has 3 amide bonds. The van der Waals surface area contributed by atoms with Gasteiger partial charge < -0.3 is 60.7 Å². The minimum atomic E-state index is -5.61. The van der Waals surface area contributed by atoms with Crippen molar-refractivity contribution in [3.05, 3.63) is 47.8 Å². The molecule has 2 aliphatic rings. The average molecular weight is 1030 g/mol. The maximum atomic E-state index is 13.6. The Morgan fingerprint density at radius 1 is 0.985 bits per heavy atom. The van der Waals surface area contributed by atoms with Crippen LogP contribution in [-0.4, -0.2) is 148 Å². The fraction of sp³-hybridized carbons (Fsp3) is 0.571. The number of nitrogens with zero attached hydrogens (tertiary/aromatic N) is 6. The maximum Gasteiger partial charge on any atom is 0.677 e. The maximum absolute atomic E-state index is 13.6. The van der Waals surface area contributed by atoms with Gasteiger partial charge in [-0.25, -0.2) is 28.6 Å². The van der Waals surface area contributed by atoms with Gasteiger partial charge in [-0.2, -0.15) is 4.31 Å². The topological polar surface area (TPSA) is 393 Å². The van der Waals surface area contributed by atoms with E-state index in [2.05, 4.69) is 44.7 Å². The van der Waals surface area contributed by atoms with Gasteiger partial charge >= 0.3 is 30.9 Å². The van der Waals surface area contributed by atoms with Crippen molar-refractivity contribution in [3.63, 3.8) is 0 Å². The number of imidazole rings is 1. The van der Waals surface area contributed by atoms with E-state index in [1.165, 1.54) is 13.8 Å². The van der Waals surface area contributed by atoms with Crippen molar-refractivity contribution in [1.29, 1.82) is 0 Å². The molecule has 5 heterocycles. The molecule has 8 atom stereocenters. The van der Waals surface area contributed by atoms with Crippen LogP contribution >= 0.6 is 23.5 Å².